The summed E-state index contributed by atoms with van der Waals surface area (Å²) in [6.45, 7) is 5.42. The van der Waals surface area contributed by atoms with Crippen LogP contribution in [0.25, 0.3) is 11.1 Å². The second-order valence-corrected chi connectivity index (χ2v) is 15.4. The van der Waals surface area contributed by atoms with Crippen molar-refractivity contribution in [3.63, 3.8) is 0 Å². The van der Waals surface area contributed by atoms with Gasteiger partial charge in [-0.25, -0.2) is 0 Å². The van der Waals surface area contributed by atoms with E-state index in [0.717, 1.165) is 23.3 Å². The third-order valence-corrected chi connectivity index (χ3v) is 13.7. The van der Waals surface area contributed by atoms with Gasteiger partial charge in [-0.05, 0) is 106 Å². The Bertz CT molecular complexity index is 2090. The van der Waals surface area contributed by atoms with Gasteiger partial charge in [0, 0.05) is 22.7 Å². The number of fused-ring (bicyclic) bond motifs is 12. The van der Waals surface area contributed by atoms with E-state index < -0.39 is 0 Å². The summed E-state index contributed by atoms with van der Waals surface area (Å²) in [6.07, 6.45) is 8.17. The molecule has 2 nitrogen and oxygen atoms in total. The molecule has 0 spiro atoms. The summed E-state index contributed by atoms with van der Waals surface area (Å²) in [5.74, 6) is 3.85. The lowest BCUT2D eigenvalue weighted by molar-refractivity contribution is 0.0321. The van der Waals surface area contributed by atoms with Crippen molar-refractivity contribution in [3.05, 3.63) is 125 Å². The predicted molar refractivity (Wildman–Crippen MR) is 189 cm³/mol. The number of hydrogen-bond donors (Lipinski definition) is 0. The fourth-order valence-corrected chi connectivity index (χ4v) is 11.6. The third kappa shape index (κ3) is 2.93. The fraction of sp³-hybridized carbons (Fsp3) is 0.302. The maximum Gasteiger partial charge on any atom is 0.256 e. The Morgan fingerprint density at radius 1 is 0.717 bits per heavy atom. The molecular formula is C43H38BNO. The maximum atomic E-state index is 6.98. The Labute approximate surface area is 272 Å². The van der Waals surface area contributed by atoms with Gasteiger partial charge in [-0.15, -0.1) is 0 Å². The summed E-state index contributed by atoms with van der Waals surface area (Å²) in [5, 5.41) is 0. The molecule has 2 fully saturated rings. The van der Waals surface area contributed by atoms with Crippen LogP contribution in [-0.2, 0) is 5.41 Å². The third-order valence-electron chi connectivity index (χ3n) is 13.7. The molecule has 4 atom stereocenters. The number of rotatable bonds is 1. The van der Waals surface area contributed by atoms with E-state index in [1.807, 2.05) is 0 Å². The lowest BCUT2D eigenvalue weighted by Crippen LogP contribution is -2.65. The molecule has 0 saturated heterocycles. The molecule has 11 rings (SSSR count). The second kappa shape index (κ2) is 8.76. The van der Waals surface area contributed by atoms with Gasteiger partial charge in [0.15, 0.2) is 0 Å². The van der Waals surface area contributed by atoms with Gasteiger partial charge in [-0.1, -0.05) is 111 Å². The van der Waals surface area contributed by atoms with Crippen LogP contribution in [0.3, 0.4) is 0 Å². The van der Waals surface area contributed by atoms with E-state index >= 15 is 0 Å². The Balaban J connectivity index is 1.11. The summed E-state index contributed by atoms with van der Waals surface area (Å²) in [5.41, 5.74) is 15.6. The SMILES string of the molecule is CC12c3cccc4c3N(c3cccc5c3B4c3ccc(C4c6ccccc6-c6ccccc64)cc3O5)C1(C)CCC1CCCCC12. The van der Waals surface area contributed by atoms with E-state index in [0.29, 0.717) is 0 Å². The van der Waals surface area contributed by atoms with E-state index in [9.17, 15) is 0 Å². The Kier molecular flexibility index (Phi) is 4.93. The first-order valence-corrected chi connectivity index (χ1v) is 17.6. The molecule has 0 aromatic heterocycles. The zero-order valence-corrected chi connectivity index (χ0v) is 26.7. The minimum atomic E-state index is 0.0530. The number of anilines is 2. The summed E-state index contributed by atoms with van der Waals surface area (Å²) in [6, 6.07) is 39.2. The van der Waals surface area contributed by atoms with Crippen molar-refractivity contribution in [3.8, 4) is 22.6 Å². The Morgan fingerprint density at radius 3 is 2.30 bits per heavy atom. The Hall–Kier alpha value is -4.24. The smallest absolute Gasteiger partial charge is 0.256 e. The van der Waals surface area contributed by atoms with Gasteiger partial charge in [0.1, 0.15) is 11.5 Å². The van der Waals surface area contributed by atoms with Crippen LogP contribution in [0, 0.1) is 11.8 Å². The fourth-order valence-electron chi connectivity index (χ4n) is 11.6. The summed E-state index contributed by atoms with van der Waals surface area (Å²) in [7, 11) is 0. The highest BCUT2D eigenvalue weighted by Gasteiger charge is 2.65. The first-order valence-electron chi connectivity index (χ1n) is 17.6. The summed E-state index contributed by atoms with van der Waals surface area (Å²) in [4.78, 5) is 2.81. The highest BCUT2D eigenvalue weighted by Crippen LogP contribution is 2.66. The molecule has 0 bridgehead atoms. The molecule has 5 aromatic rings. The molecule has 3 heterocycles. The van der Waals surface area contributed by atoms with E-state index in [2.05, 4.69) is 122 Å². The van der Waals surface area contributed by atoms with Gasteiger partial charge in [0.25, 0.3) is 6.71 Å². The summed E-state index contributed by atoms with van der Waals surface area (Å²) >= 11 is 0. The van der Waals surface area contributed by atoms with Crippen molar-refractivity contribution in [1.82, 2.24) is 0 Å². The van der Waals surface area contributed by atoms with Crippen molar-refractivity contribution in [2.75, 3.05) is 4.90 Å². The number of para-hydroxylation sites is 1. The predicted octanol–water partition coefficient (Wildman–Crippen LogP) is 8.55. The topological polar surface area (TPSA) is 12.5 Å². The lowest BCUT2D eigenvalue weighted by atomic mass is 9.34. The van der Waals surface area contributed by atoms with Crippen LogP contribution in [0.15, 0.2) is 103 Å². The molecule has 224 valence electrons. The van der Waals surface area contributed by atoms with Crippen molar-refractivity contribution >= 4 is 34.5 Å². The van der Waals surface area contributed by atoms with Crippen LogP contribution >= 0.6 is 0 Å². The van der Waals surface area contributed by atoms with Gasteiger partial charge < -0.3 is 9.64 Å². The van der Waals surface area contributed by atoms with Crippen molar-refractivity contribution < 1.29 is 4.74 Å². The second-order valence-electron chi connectivity index (χ2n) is 15.4. The molecule has 3 aliphatic carbocycles. The number of ether oxygens (including phenoxy) is 1. The molecule has 3 heteroatoms. The quantitative estimate of drug-likeness (QED) is 0.176. The molecule has 6 aliphatic rings. The van der Waals surface area contributed by atoms with E-state index in [1.165, 1.54) is 94.1 Å². The molecular weight excluding hydrogens is 557 g/mol. The molecule has 46 heavy (non-hydrogen) atoms. The number of benzene rings is 5. The van der Waals surface area contributed by atoms with Gasteiger partial charge in [-0.3, -0.25) is 0 Å². The maximum absolute atomic E-state index is 6.98. The molecule has 0 amide bonds. The molecule has 3 aliphatic heterocycles. The largest absolute Gasteiger partial charge is 0.458 e. The minimum absolute atomic E-state index is 0.0530. The zero-order valence-electron chi connectivity index (χ0n) is 26.7. The van der Waals surface area contributed by atoms with Crippen LogP contribution in [0.2, 0.25) is 0 Å². The van der Waals surface area contributed by atoms with Crippen LogP contribution in [0.4, 0.5) is 11.4 Å². The Morgan fingerprint density at radius 2 is 1.48 bits per heavy atom. The molecule has 4 unspecified atom stereocenters. The first kappa shape index (κ1) is 25.9. The normalized spacial score (nSPS) is 27.4. The van der Waals surface area contributed by atoms with Crippen molar-refractivity contribution in [2.24, 2.45) is 11.8 Å². The first-order chi connectivity index (χ1) is 22.6. The standard InChI is InChI=1S/C43H38BNO/c1-42-24-23-26-11-3-8-16-32(26)43(42,2)33-17-9-18-35-41(33)45(42)36-19-10-20-37-40(36)44(35)34-22-21-27(25-38(34)46-37)39-30-14-6-4-12-28(30)29-13-5-7-15-31(29)39/h4-7,9-10,12-15,17-22,25-26,32,39H,3,8,11,16,23-24H2,1-2H3. The summed E-state index contributed by atoms with van der Waals surface area (Å²) < 4.78 is 6.98. The average molecular weight is 596 g/mol. The number of hydrogen-bond acceptors (Lipinski definition) is 2. The van der Waals surface area contributed by atoms with Crippen LogP contribution < -0.4 is 26.0 Å². The average Bonchev–Trinajstić information content (AvgIpc) is 3.54. The van der Waals surface area contributed by atoms with E-state index in [1.54, 1.807) is 5.56 Å². The molecule has 5 aromatic carbocycles. The van der Waals surface area contributed by atoms with Crippen molar-refractivity contribution in [2.45, 2.75) is 69.2 Å². The highest BCUT2D eigenvalue weighted by molar-refractivity contribution is 6.99. The zero-order chi connectivity index (χ0) is 30.4. The molecule has 0 radical (unpaired) electrons. The monoisotopic (exact) mass is 595 g/mol. The van der Waals surface area contributed by atoms with E-state index in [4.69, 9.17) is 4.74 Å². The van der Waals surface area contributed by atoms with Crippen LogP contribution in [-0.4, -0.2) is 12.3 Å². The molecule has 2 saturated carbocycles. The minimum Gasteiger partial charge on any atom is -0.458 e. The van der Waals surface area contributed by atoms with Crippen LogP contribution in [0.1, 0.15) is 80.5 Å². The van der Waals surface area contributed by atoms with Crippen molar-refractivity contribution in [1.29, 1.82) is 0 Å². The van der Waals surface area contributed by atoms with Gasteiger partial charge in [0.05, 0.1) is 5.54 Å². The molecule has 0 N–H and O–H groups in total. The highest BCUT2D eigenvalue weighted by atomic mass is 16.5. The van der Waals surface area contributed by atoms with Gasteiger partial charge in [0.2, 0.25) is 0 Å². The van der Waals surface area contributed by atoms with E-state index in [-0.39, 0.29) is 23.6 Å². The van der Waals surface area contributed by atoms with Crippen LogP contribution in [0.5, 0.6) is 11.5 Å². The number of nitrogens with zero attached hydrogens (tertiary/aromatic N) is 1. The van der Waals surface area contributed by atoms with Gasteiger partial charge >= 0.3 is 0 Å². The lowest BCUT2D eigenvalue weighted by Gasteiger charge is -2.58. The van der Waals surface area contributed by atoms with Gasteiger partial charge in [-0.2, -0.15) is 0 Å².